The summed E-state index contributed by atoms with van der Waals surface area (Å²) in [6.07, 6.45) is 4.94. The van der Waals surface area contributed by atoms with Crippen LogP contribution in [-0.4, -0.2) is 16.9 Å². The Bertz CT molecular complexity index is 207. The predicted molar refractivity (Wildman–Crippen MR) is 59.8 cm³/mol. The number of unbranched alkanes of at least 4 members (excludes halogenated alkanes) is 3. The molecule has 1 N–H and O–H groups in total. The molecule has 0 rings (SSSR count). The van der Waals surface area contributed by atoms with Crippen molar-refractivity contribution < 1.29 is 14.7 Å². The lowest BCUT2D eigenvalue weighted by atomic mass is 9.77. The fourth-order valence-corrected chi connectivity index (χ4v) is 1.86. The van der Waals surface area contributed by atoms with Gasteiger partial charge in [-0.2, -0.15) is 0 Å². The molecular weight excluding hydrogens is 192 g/mol. The van der Waals surface area contributed by atoms with Crippen LogP contribution in [0.15, 0.2) is 0 Å². The molecule has 1 atom stereocenters. The molecule has 0 aliphatic heterocycles. The van der Waals surface area contributed by atoms with Gasteiger partial charge in [-0.15, -0.1) is 0 Å². The van der Waals surface area contributed by atoms with Crippen molar-refractivity contribution >= 4 is 11.8 Å². The highest BCUT2D eigenvalue weighted by atomic mass is 16.4. The van der Waals surface area contributed by atoms with Gasteiger partial charge >= 0.3 is 5.97 Å². The van der Waals surface area contributed by atoms with E-state index in [9.17, 15) is 9.59 Å². The second kappa shape index (κ2) is 6.59. The first-order valence-corrected chi connectivity index (χ1v) is 5.75. The van der Waals surface area contributed by atoms with E-state index in [1.54, 1.807) is 6.92 Å². The van der Waals surface area contributed by atoms with Crippen LogP contribution in [0.5, 0.6) is 0 Å². The molecule has 0 aromatic carbocycles. The molecule has 3 heteroatoms. The Balaban J connectivity index is 4.37. The Hall–Kier alpha value is -0.860. The number of Topliss-reactive ketones (excluding diaryl/α,β-unsaturated/α-hetero) is 1. The molecule has 3 nitrogen and oxygen atoms in total. The van der Waals surface area contributed by atoms with Crippen LogP contribution in [0.25, 0.3) is 0 Å². The van der Waals surface area contributed by atoms with Gasteiger partial charge in [-0.05, 0) is 19.8 Å². The molecule has 0 bridgehead atoms. The first-order chi connectivity index (χ1) is 7.01. The molecule has 0 amide bonds. The zero-order chi connectivity index (χ0) is 11.9. The van der Waals surface area contributed by atoms with Gasteiger partial charge < -0.3 is 5.11 Å². The molecule has 0 saturated heterocycles. The summed E-state index contributed by atoms with van der Waals surface area (Å²) in [7, 11) is 0. The standard InChI is InChI=1S/C12H22O3/c1-4-6-7-8-9-12(5-2,10(3)13)11(14)15/h4-9H2,1-3H3,(H,14,15). The summed E-state index contributed by atoms with van der Waals surface area (Å²) in [5, 5.41) is 9.13. The minimum absolute atomic E-state index is 0.214. The number of carbonyl (C=O) groups excluding carboxylic acids is 1. The van der Waals surface area contributed by atoms with E-state index in [0.717, 1.165) is 25.7 Å². The Labute approximate surface area is 91.9 Å². The fraction of sp³-hybridized carbons (Fsp3) is 0.833. The van der Waals surface area contributed by atoms with Crippen LogP contribution in [0, 0.1) is 5.41 Å². The van der Waals surface area contributed by atoms with Gasteiger partial charge in [0.05, 0.1) is 0 Å². The average molecular weight is 214 g/mol. The molecule has 0 spiro atoms. The number of carbonyl (C=O) groups is 2. The minimum Gasteiger partial charge on any atom is -0.480 e. The molecule has 0 saturated carbocycles. The van der Waals surface area contributed by atoms with Gasteiger partial charge in [0.1, 0.15) is 11.2 Å². The number of carboxylic acids is 1. The summed E-state index contributed by atoms with van der Waals surface area (Å²) in [6.45, 7) is 5.27. The van der Waals surface area contributed by atoms with Gasteiger partial charge in [0, 0.05) is 0 Å². The largest absolute Gasteiger partial charge is 0.480 e. The number of rotatable bonds is 8. The van der Waals surface area contributed by atoms with E-state index in [2.05, 4.69) is 6.92 Å². The second-order valence-corrected chi connectivity index (χ2v) is 4.11. The zero-order valence-electron chi connectivity index (χ0n) is 10.0. The Morgan fingerprint density at radius 2 is 1.73 bits per heavy atom. The predicted octanol–water partition coefficient (Wildman–Crippen LogP) is 3.03. The molecule has 0 aromatic rings. The van der Waals surface area contributed by atoms with Crippen LogP contribution >= 0.6 is 0 Å². The highest BCUT2D eigenvalue weighted by Crippen LogP contribution is 2.30. The quantitative estimate of drug-likeness (QED) is 0.499. The fourth-order valence-electron chi connectivity index (χ4n) is 1.86. The van der Waals surface area contributed by atoms with Gasteiger partial charge in [-0.1, -0.05) is 39.5 Å². The lowest BCUT2D eigenvalue weighted by Crippen LogP contribution is -2.37. The number of hydrogen-bond acceptors (Lipinski definition) is 2. The van der Waals surface area contributed by atoms with E-state index in [1.165, 1.54) is 6.92 Å². The van der Waals surface area contributed by atoms with Crippen LogP contribution in [-0.2, 0) is 9.59 Å². The molecule has 0 fully saturated rings. The molecule has 15 heavy (non-hydrogen) atoms. The first-order valence-electron chi connectivity index (χ1n) is 5.75. The van der Waals surface area contributed by atoms with Gasteiger partial charge in [0.25, 0.3) is 0 Å². The molecular formula is C12H22O3. The van der Waals surface area contributed by atoms with Crippen molar-refractivity contribution in [1.29, 1.82) is 0 Å². The highest BCUT2D eigenvalue weighted by Gasteiger charge is 2.40. The van der Waals surface area contributed by atoms with Crippen molar-refractivity contribution in [3.05, 3.63) is 0 Å². The van der Waals surface area contributed by atoms with E-state index in [-0.39, 0.29) is 5.78 Å². The Kier molecular flexibility index (Phi) is 6.21. The SMILES string of the molecule is CCCCCCC(CC)(C(C)=O)C(=O)O. The van der Waals surface area contributed by atoms with Crippen molar-refractivity contribution in [2.75, 3.05) is 0 Å². The maximum atomic E-state index is 11.4. The summed E-state index contributed by atoms with van der Waals surface area (Å²) in [4.78, 5) is 22.6. The van der Waals surface area contributed by atoms with Crippen LogP contribution in [0.2, 0.25) is 0 Å². The van der Waals surface area contributed by atoms with Crippen LogP contribution in [0.4, 0.5) is 0 Å². The van der Waals surface area contributed by atoms with Crippen LogP contribution < -0.4 is 0 Å². The highest BCUT2D eigenvalue weighted by molar-refractivity contribution is 6.01. The number of aliphatic carboxylic acids is 1. The first kappa shape index (κ1) is 14.1. The second-order valence-electron chi connectivity index (χ2n) is 4.11. The van der Waals surface area contributed by atoms with Crippen molar-refractivity contribution in [2.45, 2.75) is 59.3 Å². The zero-order valence-corrected chi connectivity index (χ0v) is 10.0. The lowest BCUT2D eigenvalue weighted by Gasteiger charge is -2.24. The normalized spacial score (nSPS) is 14.6. The summed E-state index contributed by atoms with van der Waals surface area (Å²) >= 11 is 0. The van der Waals surface area contributed by atoms with Gasteiger partial charge in [0.2, 0.25) is 0 Å². The van der Waals surface area contributed by atoms with Gasteiger partial charge in [-0.3, -0.25) is 9.59 Å². The monoisotopic (exact) mass is 214 g/mol. The Morgan fingerprint density at radius 1 is 1.13 bits per heavy atom. The number of ketones is 1. The smallest absolute Gasteiger partial charge is 0.317 e. The number of carboxylic acid groups (broad SMARTS) is 1. The van der Waals surface area contributed by atoms with Crippen molar-refractivity contribution in [1.82, 2.24) is 0 Å². The summed E-state index contributed by atoms with van der Waals surface area (Å²) in [5.41, 5.74) is -1.13. The van der Waals surface area contributed by atoms with E-state index in [1.807, 2.05) is 0 Å². The third-order valence-electron chi connectivity index (χ3n) is 3.14. The van der Waals surface area contributed by atoms with Gasteiger partial charge in [-0.25, -0.2) is 0 Å². The van der Waals surface area contributed by atoms with E-state index in [0.29, 0.717) is 12.8 Å². The summed E-state index contributed by atoms with van der Waals surface area (Å²) in [6, 6.07) is 0. The van der Waals surface area contributed by atoms with Crippen LogP contribution in [0.1, 0.15) is 59.3 Å². The maximum Gasteiger partial charge on any atom is 0.317 e. The lowest BCUT2D eigenvalue weighted by molar-refractivity contribution is -0.155. The number of hydrogen-bond donors (Lipinski definition) is 1. The van der Waals surface area contributed by atoms with E-state index < -0.39 is 11.4 Å². The summed E-state index contributed by atoms with van der Waals surface area (Å²) in [5.74, 6) is -1.18. The maximum absolute atomic E-state index is 11.4. The molecule has 88 valence electrons. The average Bonchev–Trinajstić information content (AvgIpc) is 2.17. The molecule has 0 heterocycles. The van der Waals surface area contributed by atoms with Crippen molar-refractivity contribution in [2.24, 2.45) is 5.41 Å². The van der Waals surface area contributed by atoms with Crippen molar-refractivity contribution in [3.8, 4) is 0 Å². The van der Waals surface area contributed by atoms with E-state index in [4.69, 9.17) is 5.11 Å². The molecule has 0 aliphatic carbocycles. The van der Waals surface area contributed by atoms with Gasteiger partial charge in [0.15, 0.2) is 0 Å². The van der Waals surface area contributed by atoms with E-state index >= 15 is 0 Å². The third-order valence-corrected chi connectivity index (χ3v) is 3.14. The molecule has 0 aromatic heterocycles. The molecule has 0 radical (unpaired) electrons. The molecule has 1 unspecified atom stereocenters. The third kappa shape index (κ3) is 3.65. The minimum atomic E-state index is -1.13. The van der Waals surface area contributed by atoms with Crippen molar-refractivity contribution in [3.63, 3.8) is 0 Å². The molecule has 0 aliphatic rings. The topological polar surface area (TPSA) is 54.4 Å². The Morgan fingerprint density at radius 3 is 2.07 bits per heavy atom. The van der Waals surface area contributed by atoms with Crippen LogP contribution in [0.3, 0.4) is 0 Å². The summed E-state index contributed by atoms with van der Waals surface area (Å²) < 4.78 is 0.